The molecule has 0 radical (unpaired) electrons. The number of imidazole rings is 1. The summed E-state index contributed by atoms with van der Waals surface area (Å²) >= 11 is 6.00. The van der Waals surface area contributed by atoms with E-state index in [2.05, 4.69) is 20.2 Å². The Morgan fingerprint density at radius 3 is 2.85 bits per heavy atom. The Bertz CT molecular complexity index is 952. The lowest BCUT2D eigenvalue weighted by molar-refractivity contribution is 0.0366. The van der Waals surface area contributed by atoms with Crippen molar-refractivity contribution in [2.75, 3.05) is 38.2 Å². The third-order valence-electron chi connectivity index (χ3n) is 4.56. The summed E-state index contributed by atoms with van der Waals surface area (Å²) in [6.07, 6.45) is 1.73. The summed E-state index contributed by atoms with van der Waals surface area (Å²) in [4.78, 5) is 24.0. The van der Waals surface area contributed by atoms with Gasteiger partial charge in [-0.15, -0.1) is 0 Å². The SMILES string of the molecule is O=C(Nc1nc2cccnc2n1CCN1CCOCC1)c1cccc(Cl)c1. The van der Waals surface area contributed by atoms with Crippen molar-refractivity contribution in [1.82, 2.24) is 19.4 Å². The van der Waals surface area contributed by atoms with Crippen LogP contribution in [0.4, 0.5) is 5.95 Å². The number of ether oxygens (including phenoxy) is 1. The first-order valence-electron chi connectivity index (χ1n) is 8.89. The van der Waals surface area contributed by atoms with E-state index in [1.807, 2.05) is 16.7 Å². The molecule has 7 nitrogen and oxygen atoms in total. The van der Waals surface area contributed by atoms with E-state index >= 15 is 0 Å². The fraction of sp³-hybridized carbons (Fsp3) is 0.316. The highest BCUT2D eigenvalue weighted by atomic mass is 35.5. The highest BCUT2D eigenvalue weighted by molar-refractivity contribution is 6.31. The maximum Gasteiger partial charge on any atom is 0.258 e. The second-order valence-electron chi connectivity index (χ2n) is 6.35. The molecule has 3 heterocycles. The molecular weight excluding hydrogens is 366 g/mol. The zero-order valence-corrected chi connectivity index (χ0v) is 15.5. The van der Waals surface area contributed by atoms with Gasteiger partial charge in [0.1, 0.15) is 5.52 Å². The number of fused-ring (bicyclic) bond motifs is 1. The van der Waals surface area contributed by atoms with E-state index in [1.165, 1.54) is 0 Å². The molecule has 0 spiro atoms. The van der Waals surface area contributed by atoms with E-state index in [9.17, 15) is 4.79 Å². The van der Waals surface area contributed by atoms with E-state index in [-0.39, 0.29) is 5.91 Å². The second kappa shape index (κ2) is 8.04. The number of amides is 1. The predicted molar refractivity (Wildman–Crippen MR) is 104 cm³/mol. The molecule has 3 aromatic rings. The lowest BCUT2D eigenvalue weighted by Gasteiger charge is -2.26. The molecule has 0 saturated carbocycles. The maximum atomic E-state index is 12.6. The summed E-state index contributed by atoms with van der Waals surface area (Å²) in [6, 6.07) is 10.6. The van der Waals surface area contributed by atoms with Crippen molar-refractivity contribution < 1.29 is 9.53 Å². The van der Waals surface area contributed by atoms with E-state index in [0.29, 0.717) is 23.1 Å². The predicted octanol–water partition coefficient (Wildman–Crippen LogP) is 2.67. The smallest absolute Gasteiger partial charge is 0.258 e. The molecule has 1 amide bonds. The number of hydrogen-bond acceptors (Lipinski definition) is 5. The minimum atomic E-state index is -0.250. The molecule has 1 fully saturated rings. The number of anilines is 1. The molecule has 1 aliphatic heterocycles. The molecule has 4 rings (SSSR count). The van der Waals surface area contributed by atoms with Crippen molar-refractivity contribution >= 4 is 34.6 Å². The van der Waals surface area contributed by atoms with Gasteiger partial charge in [-0.3, -0.25) is 19.6 Å². The van der Waals surface area contributed by atoms with Crippen molar-refractivity contribution in [2.45, 2.75) is 6.54 Å². The lowest BCUT2D eigenvalue weighted by Crippen LogP contribution is -2.38. The topological polar surface area (TPSA) is 72.3 Å². The van der Waals surface area contributed by atoms with Crippen molar-refractivity contribution in [3.8, 4) is 0 Å². The van der Waals surface area contributed by atoms with Gasteiger partial charge >= 0.3 is 0 Å². The zero-order chi connectivity index (χ0) is 18.6. The molecule has 1 N–H and O–H groups in total. The minimum Gasteiger partial charge on any atom is -0.379 e. The third-order valence-corrected chi connectivity index (χ3v) is 4.79. The van der Waals surface area contributed by atoms with E-state index in [4.69, 9.17) is 16.3 Å². The fourth-order valence-electron chi connectivity index (χ4n) is 3.14. The molecule has 8 heteroatoms. The van der Waals surface area contributed by atoms with Gasteiger partial charge in [0.2, 0.25) is 5.95 Å². The van der Waals surface area contributed by atoms with Crippen LogP contribution in [0.3, 0.4) is 0 Å². The Morgan fingerprint density at radius 2 is 2.04 bits per heavy atom. The third kappa shape index (κ3) is 4.10. The summed E-state index contributed by atoms with van der Waals surface area (Å²) in [5.74, 6) is 0.238. The molecule has 0 unspecified atom stereocenters. The minimum absolute atomic E-state index is 0.250. The van der Waals surface area contributed by atoms with Crippen molar-refractivity contribution in [3.05, 3.63) is 53.2 Å². The van der Waals surface area contributed by atoms with Crippen LogP contribution in [0, 0.1) is 0 Å². The highest BCUT2D eigenvalue weighted by Gasteiger charge is 2.17. The number of carbonyl (C=O) groups is 1. The van der Waals surface area contributed by atoms with Gasteiger partial charge in [0.05, 0.1) is 13.2 Å². The monoisotopic (exact) mass is 385 g/mol. The van der Waals surface area contributed by atoms with E-state index in [0.717, 1.165) is 44.0 Å². The average Bonchev–Trinajstić information content (AvgIpc) is 3.04. The van der Waals surface area contributed by atoms with Crippen LogP contribution in [0.25, 0.3) is 11.2 Å². The first-order chi connectivity index (χ1) is 13.2. The van der Waals surface area contributed by atoms with Gasteiger partial charge in [0.25, 0.3) is 5.91 Å². The Labute approximate surface area is 161 Å². The normalized spacial score (nSPS) is 15.1. The van der Waals surface area contributed by atoms with Gasteiger partial charge in [0, 0.05) is 43.0 Å². The Morgan fingerprint density at radius 1 is 1.19 bits per heavy atom. The van der Waals surface area contributed by atoms with Crippen molar-refractivity contribution in [3.63, 3.8) is 0 Å². The standard InChI is InChI=1S/C19H20ClN5O2/c20-15-4-1-3-14(13-15)18(26)23-19-22-16-5-2-6-21-17(16)25(19)8-7-24-9-11-27-12-10-24/h1-6,13H,7-12H2,(H,22,23,26). The summed E-state index contributed by atoms with van der Waals surface area (Å²) in [5.41, 5.74) is 2.00. The van der Waals surface area contributed by atoms with Crippen LogP contribution in [-0.4, -0.2) is 58.2 Å². The number of aromatic nitrogens is 3. The molecular formula is C19H20ClN5O2. The largest absolute Gasteiger partial charge is 0.379 e. The zero-order valence-electron chi connectivity index (χ0n) is 14.8. The van der Waals surface area contributed by atoms with Gasteiger partial charge in [-0.05, 0) is 30.3 Å². The highest BCUT2D eigenvalue weighted by Crippen LogP contribution is 2.19. The molecule has 140 valence electrons. The number of carbonyl (C=O) groups excluding carboxylic acids is 1. The average molecular weight is 386 g/mol. The summed E-state index contributed by atoms with van der Waals surface area (Å²) in [5, 5.41) is 3.42. The molecule has 1 aliphatic rings. The molecule has 1 saturated heterocycles. The molecule has 27 heavy (non-hydrogen) atoms. The van der Waals surface area contributed by atoms with Gasteiger partial charge in [-0.2, -0.15) is 0 Å². The number of benzene rings is 1. The summed E-state index contributed by atoms with van der Waals surface area (Å²) in [7, 11) is 0. The molecule has 0 atom stereocenters. The Hall–Kier alpha value is -2.48. The van der Waals surface area contributed by atoms with E-state index < -0.39 is 0 Å². The number of pyridine rings is 1. The number of rotatable bonds is 5. The van der Waals surface area contributed by atoms with Gasteiger partial charge in [-0.1, -0.05) is 17.7 Å². The van der Waals surface area contributed by atoms with Crippen molar-refractivity contribution in [1.29, 1.82) is 0 Å². The Kier molecular flexibility index (Phi) is 5.33. The fourth-order valence-corrected chi connectivity index (χ4v) is 3.33. The summed E-state index contributed by atoms with van der Waals surface area (Å²) < 4.78 is 7.35. The van der Waals surface area contributed by atoms with Crippen LogP contribution in [0.5, 0.6) is 0 Å². The number of hydrogen-bond donors (Lipinski definition) is 1. The number of nitrogens with zero attached hydrogens (tertiary/aromatic N) is 4. The van der Waals surface area contributed by atoms with Gasteiger partial charge in [-0.25, -0.2) is 9.97 Å². The van der Waals surface area contributed by atoms with Crippen LogP contribution in [0.1, 0.15) is 10.4 Å². The van der Waals surface area contributed by atoms with Crippen molar-refractivity contribution in [2.24, 2.45) is 0 Å². The lowest BCUT2D eigenvalue weighted by atomic mass is 10.2. The molecule has 0 bridgehead atoms. The molecule has 0 aliphatic carbocycles. The number of morpholine rings is 1. The van der Waals surface area contributed by atoms with E-state index in [1.54, 1.807) is 30.5 Å². The quantitative estimate of drug-likeness (QED) is 0.731. The number of halogens is 1. The first-order valence-corrected chi connectivity index (χ1v) is 9.27. The van der Waals surface area contributed by atoms with Crippen LogP contribution < -0.4 is 5.32 Å². The van der Waals surface area contributed by atoms with Crippen LogP contribution in [-0.2, 0) is 11.3 Å². The summed E-state index contributed by atoms with van der Waals surface area (Å²) in [6.45, 7) is 4.83. The van der Waals surface area contributed by atoms with Crippen LogP contribution in [0.15, 0.2) is 42.6 Å². The Balaban J connectivity index is 1.58. The first kappa shape index (κ1) is 17.9. The van der Waals surface area contributed by atoms with Crippen LogP contribution in [0.2, 0.25) is 5.02 Å². The maximum absolute atomic E-state index is 12.6. The van der Waals surface area contributed by atoms with Gasteiger partial charge in [0.15, 0.2) is 5.65 Å². The number of nitrogens with one attached hydrogen (secondary N) is 1. The second-order valence-corrected chi connectivity index (χ2v) is 6.79. The molecule has 1 aromatic carbocycles. The van der Waals surface area contributed by atoms with Gasteiger partial charge < -0.3 is 4.74 Å². The van der Waals surface area contributed by atoms with Crippen LogP contribution >= 0.6 is 11.6 Å². The molecule has 2 aromatic heterocycles.